The number of anilines is 1. The molecule has 0 spiro atoms. The van der Waals surface area contributed by atoms with Crippen molar-refractivity contribution >= 4 is 28.4 Å². The molecule has 21 heavy (non-hydrogen) atoms. The zero-order chi connectivity index (χ0) is 14.8. The molecule has 0 aliphatic carbocycles. The van der Waals surface area contributed by atoms with Crippen LogP contribution in [0.15, 0.2) is 54.6 Å². The van der Waals surface area contributed by atoms with Crippen LogP contribution in [0.3, 0.4) is 0 Å². The number of carbonyl (C=O) groups is 2. The van der Waals surface area contributed by atoms with Crippen molar-refractivity contribution in [3.8, 4) is 11.1 Å². The van der Waals surface area contributed by atoms with Gasteiger partial charge in [-0.2, -0.15) is 0 Å². The molecule has 0 bridgehead atoms. The van der Waals surface area contributed by atoms with Crippen LogP contribution in [0, 0.1) is 5.92 Å². The van der Waals surface area contributed by atoms with Gasteiger partial charge in [-0.25, -0.2) is 0 Å². The summed E-state index contributed by atoms with van der Waals surface area (Å²) in [6.07, 6.45) is 0.197. The van der Waals surface area contributed by atoms with Gasteiger partial charge in [0.15, 0.2) is 0 Å². The molecule has 1 fully saturated rings. The minimum absolute atomic E-state index is 0.0542. The molecule has 2 aromatic carbocycles. The highest BCUT2D eigenvalue weighted by Crippen LogP contribution is 2.28. The number of benzene rings is 2. The van der Waals surface area contributed by atoms with Crippen LogP contribution in [0.1, 0.15) is 6.42 Å². The Bertz CT molecular complexity index is 667. The fraction of sp³-hybridized carbons (Fsp3) is 0.176. The summed E-state index contributed by atoms with van der Waals surface area (Å²) in [5, 5.41) is -0.438. The van der Waals surface area contributed by atoms with Gasteiger partial charge in [0.2, 0.25) is 11.1 Å². The minimum Gasteiger partial charge on any atom is -0.312 e. The lowest BCUT2D eigenvalue weighted by atomic mass is 10.1. The second-order valence-corrected chi connectivity index (χ2v) is 5.49. The highest BCUT2D eigenvalue weighted by atomic mass is 35.5. The van der Waals surface area contributed by atoms with Crippen molar-refractivity contribution in [3.05, 3.63) is 54.6 Å². The summed E-state index contributed by atoms with van der Waals surface area (Å²) in [4.78, 5) is 24.8. The molecule has 4 heteroatoms. The normalized spacial score (nSPS) is 18.0. The summed E-state index contributed by atoms with van der Waals surface area (Å²) in [5.41, 5.74) is 3.03. The fourth-order valence-electron chi connectivity index (χ4n) is 2.57. The molecule has 106 valence electrons. The van der Waals surface area contributed by atoms with Crippen molar-refractivity contribution in [1.82, 2.24) is 0 Å². The highest BCUT2D eigenvalue weighted by molar-refractivity contribution is 6.64. The van der Waals surface area contributed by atoms with E-state index in [1.54, 1.807) is 4.90 Å². The lowest BCUT2D eigenvalue weighted by molar-refractivity contribution is -0.120. The van der Waals surface area contributed by atoms with Crippen molar-refractivity contribution in [2.45, 2.75) is 6.42 Å². The van der Waals surface area contributed by atoms with Gasteiger partial charge in [-0.3, -0.25) is 9.59 Å². The van der Waals surface area contributed by atoms with E-state index in [1.165, 1.54) is 0 Å². The molecule has 1 aliphatic heterocycles. The first-order chi connectivity index (χ1) is 10.1. The number of carbonyl (C=O) groups excluding carboxylic acids is 2. The van der Waals surface area contributed by atoms with E-state index in [9.17, 15) is 9.59 Å². The quantitative estimate of drug-likeness (QED) is 0.814. The van der Waals surface area contributed by atoms with E-state index in [1.807, 2.05) is 54.6 Å². The Kier molecular flexibility index (Phi) is 3.76. The van der Waals surface area contributed by atoms with Crippen molar-refractivity contribution in [2.24, 2.45) is 5.92 Å². The molecule has 1 aliphatic rings. The fourth-order valence-corrected chi connectivity index (χ4v) is 2.72. The summed E-state index contributed by atoms with van der Waals surface area (Å²) in [7, 11) is 0. The van der Waals surface area contributed by atoms with E-state index in [0.29, 0.717) is 6.54 Å². The molecule has 1 heterocycles. The Morgan fingerprint density at radius 3 is 2.19 bits per heavy atom. The second-order valence-electron chi connectivity index (χ2n) is 5.12. The molecule has 1 atom stereocenters. The van der Waals surface area contributed by atoms with Crippen LogP contribution < -0.4 is 4.90 Å². The van der Waals surface area contributed by atoms with Gasteiger partial charge in [-0.15, -0.1) is 0 Å². The third kappa shape index (κ3) is 2.83. The molecular weight excluding hydrogens is 286 g/mol. The second kappa shape index (κ2) is 5.70. The number of amides is 1. The van der Waals surface area contributed by atoms with Crippen molar-refractivity contribution in [2.75, 3.05) is 11.4 Å². The van der Waals surface area contributed by atoms with Crippen LogP contribution in [-0.2, 0) is 9.59 Å². The molecular formula is C17H14ClNO2. The van der Waals surface area contributed by atoms with E-state index in [0.717, 1.165) is 16.8 Å². The molecule has 1 saturated heterocycles. The molecule has 3 rings (SSSR count). The first kappa shape index (κ1) is 13.8. The maximum Gasteiger partial charge on any atom is 0.227 e. The number of hydrogen-bond donors (Lipinski definition) is 0. The summed E-state index contributed by atoms with van der Waals surface area (Å²) in [6, 6.07) is 17.8. The topological polar surface area (TPSA) is 37.4 Å². The number of nitrogens with zero attached hydrogens (tertiary/aromatic N) is 1. The molecule has 0 N–H and O–H groups in total. The average molecular weight is 300 g/mol. The summed E-state index contributed by atoms with van der Waals surface area (Å²) >= 11 is 5.49. The SMILES string of the molecule is O=C(Cl)[C@@H]1CC(=O)N(c2ccc(-c3ccccc3)cc2)C1. The molecule has 0 unspecified atom stereocenters. The van der Waals surface area contributed by atoms with E-state index >= 15 is 0 Å². The van der Waals surface area contributed by atoms with Gasteiger partial charge in [0, 0.05) is 18.7 Å². The average Bonchev–Trinajstić information content (AvgIpc) is 2.91. The Morgan fingerprint density at radius 1 is 1.00 bits per heavy atom. The van der Waals surface area contributed by atoms with E-state index in [4.69, 9.17) is 11.6 Å². The Balaban J connectivity index is 1.82. The van der Waals surface area contributed by atoms with Crippen LogP contribution in [-0.4, -0.2) is 17.7 Å². The third-order valence-corrected chi connectivity index (χ3v) is 4.04. The van der Waals surface area contributed by atoms with Gasteiger partial charge in [0.25, 0.3) is 0 Å². The zero-order valence-electron chi connectivity index (χ0n) is 11.3. The van der Waals surface area contributed by atoms with Crippen LogP contribution in [0.5, 0.6) is 0 Å². The lowest BCUT2D eigenvalue weighted by Crippen LogP contribution is -2.25. The number of rotatable bonds is 3. The molecule has 3 nitrogen and oxygen atoms in total. The van der Waals surface area contributed by atoms with E-state index < -0.39 is 11.2 Å². The minimum atomic E-state index is -0.438. The summed E-state index contributed by atoms with van der Waals surface area (Å²) < 4.78 is 0. The monoisotopic (exact) mass is 299 g/mol. The maximum atomic E-state index is 12.0. The smallest absolute Gasteiger partial charge is 0.227 e. The standard InChI is InChI=1S/C17H14ClNO2/c18-17(21)14-10-16(20)19(11-14)15-8-6-13(7-9-15)12-4-2-1-3-5-12/h1-9,14H,10-11H2/t14-/m1/s1. The van der Waals surface area contributed by atoms with Gasteiger partial charge in [0.05, 0.1) is 5.92 Å². The van der Waals surface area contributed by atoms with Crippen LogP contribution in [0.2, 0.25) is 0 Å². The lowest BCUT2D eigenvalue weighted by Gasteiger charge is -2.16. The van der Waals surface area contributed by atoms with Crippen LogP contribution >= 0.6 is 11.6 Å². The first-order valence-corrected chi connectivity index (χ1v) is 7.18. The van der Waals surface area contributed by atoms with Crippen molar-refractivity contribution in [3.63, 3.8) is 0 Å². The predicted octanol–water partition coefficient (Wildman–Crippen LogP) is 3.47. The van der Waals surface area contributed by atoms with E-state index in [2.05, 4.69) is 0 Å². The Morgan fingerprint density at radius 2 is 1.62 bits per heavy atom. The largest absolute Gasteiger partial charge is 0.312 e. The first-order valence-electron chi connectivity index (χ1n) is 6.80. The van der Waals surface area contributed by atoms with Crippen molar-refractivity contribution < 1.29 is 9.59 Å². The molecule has 2 aromatic rings. The molecule has 0 radical (unpaired) electrons. The molecule has 0 saturated carbocycles. The Hall–Kier alpha value is -2.13. The Labute approximate surface area is 128 Å². The maximum absolute atomic E-state index is 12.0. The number of halogens is 1. The van der Waals surface area contributed by atoms with Gasteiger partial charge in [0.1, 0.15) is 0 Å². The predicted molar refractivity (Wildman–Crippen MR) is 83.2 cm³/mol. The zero-order valence-corrected chi connectivity index (χ0v) is 12.1. The van der Waals surface area contributed by atoms with E-state index in [-0.39, 0.29) is 12.3 Å². The molecule has 1 amide bonds. The summed E-state index contributed by atoms with van der Waals surface area (Å²) in [5.74, 6) is -0.450. The van der Waals surface area contributed by atoms with Gasteiger partial charge in [-0.1, -0.05) is 42.5 Å². The van der Waals surface area contributed by atoms with Crippen LogP contribution in [0.4, 0.5) is 5.69 Å². The van der Waals surface area contributed by atoms with Crippen LogP contribution in [0.25, 0.3) is 11.1 Å². The number of hydrogen-bond acceptors (Lipinski definition) is 2. The van der Waals surface area contributed by atoms with Gasteiger partial charge >= 0.3 is 0 Å². The van der Waals surface area contributed by atoms with Gasteiger partial charge < -0.3 is 4.90 Å². The van der Waals surface area contributed by atoms with Gasteiger partial charge in [-0.05, 0) is 34.9 Å². The highest BCUT2D eigenvalue weighted by Gasteiger charge is 2.34. The third-order valence-electron chi connectivity index (χ3n) is 3.73. The molecule has 0 aromatic heterocycles. The summed E-state index contributed by atoms with van der Waals surface area (Å²) in [6.45, 7) is 0.367. The van der Waals surface area contributed by atoms with Crippen molar-refractivity contribution in [1.29, 1.82) is 0 Å².